The Hall–Kier alpha value is -1.03. The van der Waals surface area contributed by atoms with Crippen molar-refractivity contribution in [1.82, 2.24) is 5.32 Å². The number of benzene rings is 1. The molecule has 0 fully saturated rings. The van der Waals surface area contributed by atoms with Gasteiger partial charge >= 0.3 is 0 Å². The molecule has 16 heavy (non-hydrogen) atoms. The summed E-state index contributed by atoms with van der Waals surface area (Å²) in [6.07, 6.45) is 1.65. The number of hydrogen-bond acceptors (Lipinski definition) is 3. The van der Waals surface area contributed by atoms with Crippen molar-refractivity contribution < 1.29 is 9.52 Å². The highest BCUT2D eigenvalue weighted by atomic mass is 35.5. The van der Waals surface area contributed by atoms with Crippen molar-refractivity contribution in [2.24, 2.45) is 0 Å². The summed E-state index contributed by atoms with van der Waals surface area (Å²) in [5, 5.41) is 12.9. The second kappa shape index (κ2) is 4.87. The van der Waals surface area contributed by atoms with Crippen LogP contribution in [0.25, 0.3) is 11.0 Å². The van der Waals surface area contributed by atoms with Crippen LogP contribution < -0.4 is 5.32 Å². The summed E-state index contributed by atoms with van der Waals surface area (Å²) in [4.78, 5) is 0. The van der Waals surface area contributed by atoms with Crippen LogP contribution >= 0.6 is 11.6 Å². The molecule has 1 aromatic carbocycles. The van der Waals surface area contributed by atoms with E-state index in [1.165, 1.54) is 0 Å². The van der Waals surface area contributed by atoms with Crippen LogP contribution in [0.15, 0.2) is 34.9 Å². The molecule has 2 N–H and O–H groups in total. The molecule has 1 heterocycles. The van der Waals surface area contributed by atoms with E-state index in [1.54, 1.807) is 13.3 Å². The molecule has 0 aliphatic heterocycles. The van der Waals surface area contributed by atoms with Gasteiger partial charge in [-0.25, -0.2) is 0 Å². The maximum Gasteiger partial charge on any atom is 0.133 e. The molecule has 0 bridgehead atoms. The maximum absolute atomic E-state index is 9.17. The minimum absolute atomic E-state index is 0.00803. The standard InChI is InChI=1S/C12H14ClNO2/c1-14-10(7-15)12(13)9-2-3-11-8(6-9)4-5-16-11/h2-6,10,12,14-15H,7H2,1H3. The topological polar surface area (TPSA) is 45.4 Å². The number of aliphatic hydroxyl groups excluding tert-OH is 1. The van der Waals surface area contributed by atoms with Crippen LogP contribution in [0.1, 0.15) is 10.9 Å². The minimum Gasteiger partial charge on any atom is -0.464 e. The van der Waals surface area contributed by atoms with Crippen molar-refractivity contribution in [3.8, 4) is 0 Å². The fraction of sp³-hybridized carbons (Fsp3) is 0.333. The smallest absolute Gasteiger partial charge is 0.133 e. The zero-order chi connectivity index (χ0) is 11.5. The fourth-order valence-corrected chi connectivity index (χ4v) is 2.06. The van der Waals surface area contributed by atoms with Gasteiger partial charge in [-0.2, -0.15) is 0 Å². The molecular weight excluding hydrogens is 226 g/mol. The van der Waals surface area contributed by atoms with Gasteiger partial charge in [0.2, 0.25) is 0 Å². The molecule has 2 atom stereocenters. The van der Waals surface area contributed by atoms with E-state index in [-0.39, 0.29) is 18.0 Å². The van der Waals surface area contributed by atoms with E-state index in [9.17, 15) is 0 Å². The molecule has 3 nitrogen and oxygen atoms in total. The van der Waals surface area contributed by atoms with E-state index in [2.05, 4.69) is 5.32 Å². The number of furan rings is 1. The highest BCUT2D eigenvalue weighted by molar-refractivity contribution is 6.21. The van der Waals surface area contributed by atoms with Crippen molar-refractivity contribution in [3.05, 3.63) is 36.1 Å². The quantitative estimate of drug-likeness (QED) is 0.805. The first-order valence-electron chi connectivity index (χ1n) is 5.15. The molecule has 0 aliphatic carbocycles. The van der Waals surface area contributed by atoms with Crippen LogP contribution in [0.4, 0.5) is 0 Å². The van der Waals surface area contributed by atoms with Gasteiger partial charge in [-0.1, -0.05) is 6.07 Å². The number of nitrogens with one attached hydrogen (secondary N) is 1. The number of fused-ring (bicyclic) bond motifs is 1. The highest BCUT2D eigenvalue weighted by Gasteiger charge is 2.18. The Morgan fingerprint density at radius 1 is 1.44 bits per heavy atom. The lowest BCUT2D eigenvalue weighted by molar-refractivity contribution is 0.245. The summed E-state index contributed by atoms with van der Waals surface area (Å²) in [5.74, 6) is 0. The first-order chi connectivity index (χ1) is 7.76. The zero-order valence-corrected chi connectivity index (χ0v) is 9.74. The molecule has 2 unspecified atom stereocenters. The first-order valence-corrected chi connectivity index (χ1v) is 5.59. The summed E-state index contributed by atoms with van der Waals surface area (Å²) in [6, 6.07) is 7.55. The van der Waals surface area contributed by atoms with Crippen LogP contribution in [0.5, 0.6) is 0 Å². The number of alkyl halides is 1. The van der Waals surface area contributed by atoms with Gasteiger partial charge < -0.3 is 14.8 Å². The van der Waals surface area contributed by atoms with Crippen molar-refractivity contribution >= 4 is 22.6 Å². The van der Waals surface area contributed by atoms with E-state index >= 15 is 0 Å². The van der Waals surface area contributed by atoms with Crippen LogP contribution in [-0.2, 0) is 0 Å². The molecule has 0 saturated carbocycles. The van der Waals surface area contributed by atoms with Crippen LogP contribution in [0.3, 0.4) is 0 Å². The van der Waals surface area contributed by atoms with Crippen LogP contribution in [0, 0.1) is 0 Å². The maximum atomic E-state index is 9.17. The Balaban J connectivity index is 2.31. The zero-order valence-electron chi connectivity index (χ0n) is 8.98. The monoisotopic (exact) mass is 239 g/mol. The van der Waals surface area contributed by atoms with Gasteiger partial charge in [0.15, 0.2) is 0 Å². The Morgan fingerprint density at radius 3 is 2.94 bits per heavy atom. The number of rotatable bonds is 4. The SMILES string of the molecule is CNC(CO)C(Cl)c1ccc2occc2c1. The van der Waals surface area contributed by atoms with E-state index in [0.29, 0.717) is 0 Å². The molecule has 2 rings (SSSR count). The third kappa shape index (κ3) is 2.07. The van der Waals surface area contributed by atoms with Crippen molar-refractivity contribution in [2.45, 2.75) is 11.4 Å². The summed E-state index contributed by atoms with van der Waals surface area (Å²) in [7, 11) is 1.78. The highest BCUT2D eigenvalue weighted by Crippen LogP contribution is 2.27. The Bertz CT molecular complexity index is 465. The average Bonchev–Trinajstić information content (AvgIpc) is 2.77. The number of hydrogen-bond donors (Lipinski definition) is 2. The predicted molar refractivity (Wildman–Crippen MR) is 64.7 cm³/mol. The van der Waals surface area contributed by atoms with Gasteiger partial charge in [0, 0.05) is 5.39 Å². The van der Waals surface area contributed by atoms with Crippen molar-refractivity contribution in [2.75, 3.05) is 13.7 Å². The second-order valence-electron chi connectivity index (χ2n) is 3.70. The van der Waals surface area contributed by atoms with Gasteiger partial charge in [0.05, 0.1) is 24.3 Å². The van der Waals surface area contributed by atoms with Crippen LogP contribution in [0.2, 0.25) is 0 Å². The summed E-state index contributed by atoms with van der Waals surface area (Å²) >= 11 is 6.29. The second-order valence-corrected chi connectivity index (χ2v) is 4.17. The summed E-state index contributed by atoms with van der Waals surface area (Å²) in [5.41, 5.74) is 1.82. The fourth-order valence-electron chi connectivity index (χ4n) is 1.72. The molecule has 4 heteroatoms. The van der Waals surface area contributed by atoms with E-state index < -0.39 is 0 Å². The lowest BCUT2D eigenvalue weighted by atomic mass is 10.0. The molecule has 2 aromatic rings. The molecule has 0 saturated heterocycles. The lowest BCUT2D eigenvalue weighted by Gasteiger charge is -2.19. The molecule has 0 radical (unpaired) electrons. The molecular formula is C12H14ClNO2. The van der Waals surface area contributed by atoms with E-state index in [4.69, 9.17) is 21.1 Å². The third-order valence-electron chi connectivity index (χ3n) is 2.72. The predicted octanol–water partition coefficient (Wildman–Crippen LogP) is 2.29. The molecule has 86 valence electrons. The number of likely N-dealkylation sites (N-methyl/N-ethyl adjacent to an activating group) is 1. The Labute approximate surface area is 99.0 Å². The van der Waals surface area contributed by atoms with Crippen molar-refractivity contribution in [1.29, 1.82) is 0 Å². The van der Waals surface area contributed by atoms with Gasteiger partial charge in [0.25, 0.3) is 0 Å². The molecule has 1 aromatic heterocycles. The van der Waals surface area contributed by atoms with E-state index in [1.807, 2.05) is 24.3 Å². The first kappa shape index (κ1) is 11.5. The molecule has 0 spiro atoms. The third-order valence-corrected chi connectivity index (χ3v) is 3.27. The van der Waals surface area contributed by atoms with Crippen molar-refractivity contribution in [3.63, 3.8) is 0 Å². The Morgan fingerprint density at radius 2 is 2.25 bits per heavy atom. The normalized spacial score (nSPS) is 15.2. The molecule has 0 amide bonds. The number of aliphatic hydroxyl groups is 1. The summed E-state index contributed by atoms with van der Waals surface area (Å²) < 4.78 is 5.26. The summed E-state index contributed by atoms with van der Waals surface area (Å²) in [6.45, 7) is 0.00803. The lowest BCUT2D eigenvalue weighted by Crippen LogP contribution is -2.33. The molecule has 0 aliphatic rings. The number of halogens is 1. The average molecular weight is 240 g/mol. The van der Waals surface area contributed by atoms with Crippen LogP contribution in [-0.4, -0.2) is 24.8 Å². The minimum atomic E-state index is -0.255. The van der Waals surface area contributed by atoms with Gasteiger partial charge in [-0.05, 0) is 30.8 Å². The van der Waals surface area contributed by atoms with Gasteiger partial charge in [0.1, 0.15) is 5.58 Å². The largest absolute Gasteiger partial charge is 0.464 e. The van der Waals surface area contributed by atoms with E-state index in [0.717, 1.165) is 16.5 Å². The van der Waals surface area contributed by atoms with Gasteiger partial charge in [-0.3, -0.25) is 0 Å². The van der Waals surface area contributed by atoms with Gasteiger partial charge in [-0.15, -0.1) is 11.6 Å². The Kier molecular flexibility index (Phi) is 3.49.